The molecule has 1 atom stereocenters. The molecule has 0 aliphatic heterocycles. The van der Waals surface area contributed by atoms with Crippen molar-refractivity contribution in [3.63, 3.8) is 0 Å². The molecular weight excluding hydrogens is 332 g/mol. The highest BCUT2D eigenvalue weighted by Gasteiger charge is 2.17. The van der Waals surface area contributed by atoms with Crippen LogP contribution in [0.15, 0.2) is 24.5 Å². The molecule has 1 heterocycles. The maximum absolute atomic E-state index is 12.4. The van der Waals surface area contributed by atoms with Crippen LogP contribution in [0.25, 0.3) is 0 Å². The lowest BCUT2D eigenvalue weighted by molar-refractivity contribution is 0.0937. The van der Waals surface area contributed by atoms with Crippen LogP contribution in [0.1, 0.15) is 36.1 Å². The fourth-order valence-corrected chi connectivity index (χ4v) is 2.46. The number of halogens is 1. The van der Waals surface area contributed by atoms with Gasteiger partial charge in [0.25, 0.3) is 5.91 Å². The molecule has 1 aromatic heterocycles. The van der Waals surface area contributed by atoms with E-state index in [9.17, 15) is 4.79 Å². The van der Waals surface area contributed by atoms with Gasteiger partial charge in [0.2, 0.25) is 0 Å². The molecule has 0 aliphatic rings. The zero-order valence-corrected chi connectivity index (χ0v) is 14.7. The number of hydrogen-bond donors (Lipinski definition) is 1. The molecule has 0 spiro atoms. The van der Waals surface area contributed by atoms with Crippen LogP contribution in [0.2, 0.25) is 5.02 Å². The summed E-state index contributed by atoms with van der Waals surface area (Å²) in [6.07, 6.45) is 1.62. The second-order valence-electron chi connectivity index (χ2n) is 5.15. The van der Waals surface area contributed by atoms with E-state index in [2.05, 4.69) is 15.5 Å². The number of aromatic nitrogens is 3. The van der Waals surface area contributed by atoms with E-state index in [-0.39, 0.29) is 11.9 Å². The second kappa shape index (κ2) is 8.65. The van der Waals surface area contributed by atoms with E-state index < -0.39 is 0 Å². The summed E-state index contributed by atoms with van der Waals surface area (Å²) in [7, 11) is 1.63. The topological polar surface area (TPSA) is 78.3 Å². The molecule has 0 saturated heterocycles. The molecule has 1 aromatic carbocycles. The monoisotopic (exact) mass is 352 g/mol. The third-order valence-electron chi connectivity index (χ3n) is 3.41. The molecule has 130 valence electrons. The van der Waals surface area contributed by atoms with E-state index in [1.807, 2.05) is 18.4 Å². The van der Waals surface area contributed by atoms with Crippen molar-refractivity contribution in [3.05, 3.63) is 40.9 Å². The number of amides is 1. The first-order valence-electron chi connectivity index (χ1n) is 7.66. The molecule has 1 amide bonds. The molecule has 0 fully saturated rings. The van der Waals surface area contributed by atoms with Crippen LogP contribution in [0.4, 0.5) is 0 Å². The van der Waals surface area contributed by atoms with Crippen molar-refractivity contribution in [1.29, 1.82) is 0 Å². The van der Waals surface area contributed by atoms with Crippen LogP contribution in [-0.2, 0) is 11.3 Å². The van der Waals surface area contributed by atoms with Crippen molar-refractivity contribution in [2.75, 3.05) is 20.3 Å². The maximum Gasteiger partial charge on any atom is 0.251 e. The molecule has 24 heavy (non-hydrogen) atoms. The fraction of sp³-hybridized carbons (Fsp3) is 0.438. The Labute approximate surface area is 145 Å². The summed E-state index contributed by atoms with van der Waals surface area (Å²) in [4.78, 5) is 12.4. The Morgan fingerprint density at radius 3 is 2.92 bits per heavy atom. The molecule has 2 rings (SSSR count). The number of nitrogens with one attached hydrogen (secondary N) is 1. The van der Waals surface area contributed by atoms with Crippen molar-refractivity contribution in [2.24, 2.45) is 0 Å². The Morgan fingerprint density at radius 2 is 2.25 bits per heavy atom. The molecule has 0 aliphatic carbocycles. The van der Waals surface area contributed by atoms with E-state index >= 15 is 0 Å². The number of hydrogen-bond acceptors (Lipinski definition) is 5. The molecule has 2 aromatic rings. The van der Waals surface area contributed by atoms with Crippen molar-refractivity contribution in [3.8, 4) is 5.75 Å². The molecule has 0 bridgehead atoms. The zero-order chi connectivity index (χ0) is 17.5. The van der Waals surface area contributed by atoms with Crippen molar-refractivity contribution >= 4 is 17.5 Å². The highest BCUT2D eigenvalue weighted by atomic mass is 35.5. The third-order valence-corrected chi connectivity index (χ3v) is 3.71. The van der Waals surface area contributed by atoms with Crippen LogP contribution in [-0.4, -0.2) is 41.0 Å². The zero-order valence-electron chi connectivity index (χ0n) is 14.0. The Morgan fingerprint density at radius 1 is 1.46 bits per heavy atom. The molecule has 0 unspecified atom stereocenters. The normalized spacial score (nSPS) is 12.0. The van der Waals surface area contributed by atoms with E-state index in [0.29, 0.717) is 41.9 Å². The molecule has 0 saturated carbocycles. The standard InChI is InChI=1S/C16H21ClN4O3/c1-4-24-14-6-5-12(9-13(14)17)16(22)19-11(2)15-20-18-10-21(15)7-8-23-3/h5-6,9-11H,4,7-8H2,1-3H3,(H,19,22)/t11-/m1/s1. The fourth-order valence-electron chi connectivity index (χ4n) is 2.22. The molecule has 0 radical (unpaired) electrons. The number of nitrogens with zero attached hydrogens (tertiary/aromatic N) is 3. The third kappa shape index (κ3) is 4.46. The van der Waals surface area contributed by atoms with E-state index in [1.165, 1.54) is 0 Å². The average Bonchev–Trinajstić information content (AvgIpc) is 3.03. The van der Waals surface area contributed by atoms with Gasteiger partial charge in [0.15, 0.2) is 5.82 Å². The lowest BCUT2D eigenvalue weighted by atomic mass is 10.2. The molecular formula is C16H21ClN4O3. The second-order valence-corrected chi connectivity index (χ2v) is 5.56. The Kier molecular flexibility index (Phi) is 6.57. The van der Waals surface area contributed by atoms with Gasteiger partial charge in [-0.15, -0.1) is 10.2 Å². The van der Waals surface area contributed by atoms with E-state index in [0.717, 1.165) is 0 Å². The van der Waals surface area contributed by atoms with Crippen molar-refractivity contribution in [1.82, 2.24) is 20.1 Å². The number of rotatable bonds is 8. The van der Waals surface area contributed by atoms with Crippen LogP contribution in [0.3, 0.4) is 0 Å². The summed E-state index contributed by atoms with van der Waals surface area (Å²) in [5, 5.41) is 11.3. The maximum atomic E-state index is 12.4. The van der Waals surface area contributed by atoms with E-state index in [1.54, 1.807) is 31.6 Å². The van der Waals surface area contributed by atoms with Gasteiger partial charge in [-0.05, 0) is 32.0 Å². The lowest BCUT2D eigenvalue weighted by Gasteiger charge is -2.15. The van der Waals surface area contributed by atoms with Gasteiger partial charge in [0.1, 0.15) is 12.1 Å². The number of carbonyl (C=O) groups is 1. The highest BCUT2D eigenvalue weighted by Crippen LogP contribution is 2.25. The van der Waals surface area contributed by atoms with Crippen LogP contribution in [0, 0.1) is 0 Å². The van der Waals surface area contributed by atoms with Gasteiger partial charge in [-0.25, -0.2) is 0 Å². The Hall–Kier alpha value is -2.12. The number of ether oxygens (including phenoxy) is 2. The quantitative estimate of drug-likeness (QED) is 0.789. The number of carbonyl (C=O) groups excluding carboxylic acids is 1. The van der Waals surface area contributed by atoms with Gasteiger partial charge >= 0.3 is 0 Å². The summed E-state index contributed by atoms with van der Waals surface area (Å²) < 4.78 is 12.3. The first-order valence-corrected chi connectivity index (χ1v) is 8.04. The van der Waals surface area contributed by atoms with E-state index in [4.69, 9.17) is 21.1 Å². The summed E-state index contributed by atoms with van der Waals surface area (Å²) in [5.41, 5.74) is 0.457. The molecule has 1 N–H and O–H groups in total. The van der Waals surface area contributed by atoms with Gasteiger partial charge in [-0.3, -0.25) is 4.79 Å². The number of methoxy groups -OCH3 is 1. The predicted molar refractivity (Wildman–Crippen MR) is 90.4 cm³/mol. The molecule has 8 heteroatoms. The minimum atomic E-state index is -0.304. The predicted octanol–water partition coefficient (Wildman–Crippen LogP) is 2.47. The Bertz CT molecular complexity index is 690. The van der Waals surface area contributed by atoms with Crippen LogP contribution in [0.5, 0.6) is 5.75 Å². The summed E-state index contributed by atoms with van der Waals surface area (Å²) in [5.74, 6) is 0.981. The van der Waals surface area contributed by atoms with Gasteiger partial charge in [-0.2, -0.15) is 0 Å². The Balaban J connectivity index is 2.06. The van der Waals surface area contributed by atoms with Gasteiger partial charge in [0, 0.05) is 19.2 Å². The first kappa shape index (κ1) is 18.2. The summed E-state index contributed by atoms with van der Waals surface area (Å²) >= 11 is 6.13. The minimum Gasteiger partial charge on any atom is -0.492 e. The summed E-state index contributed by atoms with van der Waals surface area (Å²) in [6, 6.07) is 4.65. The van der Waals surface area contributed by atoms with Crippen LogP contribution < -0.4 is 10.1 Å². The average molecular weight is 353 g/mol. The van der Waals surface area contributed by atoms with Crippen molar-refractivity contribution in [2.45, 2.75) is 26.4 Å². The first-order chi connectivity index (χ1) is 11.6. The lowest BCUT2D eigenvalue weighted by Crippen LogP contribution is -2.29. The van der Waals surface area contributed by atoms with Crippen molar-refractivity contribution < 1.29 is 14.3 Å². The SMILES string of the molecule is CCOc1ccc(C(=O)N[C@H](C)c2nncn2CCOC)cc1Cl. The molecule has 7 nitrogen and oxygen atoms in total. The van der Waals surface area contributed by atoms with Gasteiger partial charge in [-0.1, -0.05) is 11.6 Å². The smallest absolute Gasteiger partial charge is 0.251 e. The largest absolute Gasteiger partial charge is 0.492 e. The number of benzene rings is 1. The van der Waals surface area contributed by atoms with Gasteiger partial charge < -0.3 is 19.4 Å². The minimum absolute atomic E-state index is 0.242. The highest BCUT2D eigenvalue weighted by molar-refractivity contribution is 6.32. The van der Waals surface area contributed by atoms with Crippen LogP contribution >= 0.6 is 11.6 Å². The summed E-state index contributed by atoms with van der Waals surface area (Å²) in [6.45, 7) is 5.40. The van der Waals surface area contributed by atoms with Gasteiger partial charge in [0.05, 0.1) is 24.3 Å².